The first kappa shape index (κ1) is 10.3. The third-order valence-electron chi connectivity index (χ3n) is 2.52. The maximum absolute atomic E-state index is 12.1. The van der Waals surface area contributed by atoms with E-state index >= 15 is 0 Å². The van der Waals surface area contributed by atoms with Gasteiger partial charge in [-0.2, -0.15) is 0 Å². The summed E-state index contributed by atoms with van der Waals surface area (Å²) in [6.07, 6.45) is 1.81. The predicted octanol–water partition coefficient (Wildman–Crippen LogP) is 3.26. The van der Waals surface area contributed by atoms with Crippen molar-refractivity contribution in [1.82, 2.24) is 0 Å². The van der Waals surface area contributed by atoms with Gasteiger partial charge in [0.15, 0.2) is 0 Å². The number of carbonyl (C=O) groups is 1. The van der Waals surface area contributed by atoms with Crippen LogP contribution in [0.5, 0.6) is 0 Å². The van der Waals surface area contributed by atoms with E-state index < -0.39 is 5.60 Å². The Hall–Kier alpha value is -0.190. The molecule has 14 heavy (non-hydrogen) atoms. The molecule has 2 rings (SSSR count). The van der Waals surface area contributed by atoms with Gasteiger partial charge in [0.1, 0.15) is 5.60 Å². The van der Waals surface area contributed by atoms with Crippen LogP contribution in [-0.4, -0.2) is 18.0 Å². The van der Waals surface area contributed by atoms with Gasteiger partial charge in [-0.25, -0.2) is 0 Å². The maximum Gasteiger partial charge on any atom is 0.205 e. The minimum Gasteiger partial charge on any atom is -0.367 e. The van der Waals surface area contributed by atoms with E-state index in [0.29, 0.717) is 6.61 Å². The van der Waals surface area contributed by atoms with Crippen LogP contribution in [0.1, 0.15) is 29.4 Å². The molecular weight excluding hydrogens is 264 g/mol. The van der Waals surface area contributed by atoms with Gasteiger partial charge in [-0.15, -0.1) is 11.3 Å². The number of thiophene rings is 1. The molecule has 4 heteroatoms. The number of ether oxygens (including phenoxy) is 1. The monoisotopic (exact) mass is 274 g/mol. The summed E-state index contributed by atoms with van der Waals surface area (Å²) in [4.78, 5) is 12.9. The van der Waals surface area contributed by atoms with E-state index in [4.69, 9.17) is 4.74 Å². The molecule has 0 spiro atoms. The summed E-state index contributed by atoms with van der Waals surface area (Å²) in [5.74, 6) is 0.108. The van der Waals surface area contributed by atoms with Crippen molar-refractivity contribution in [2.45, 2.75) is 25.4 Å². The number of Topliss-reactive ketones (excluding diaryl/α,β-unsaturated/α-hetero) is 1. The van der Waals surface area contributed by atoms with Gasteiger partial charge in [0.25, 0.3) is 0 Å². The Bertz CT molecular complexity index is 353. The molecule has 0 aromatic carbocycles. The third-order valence-corrected chi connectivity index (χ3v) is 4.36. The fraction of sp³-hybridized carbons (Fsp3) is 0.500. The first-order valence-corrected chi connectivity index (χ1v) is 6.22. The summed E-state index contributed by atoms with van der Waals surface area (Å²) in [5, 5.41) is 1.91. The van der Waals surface area contributed by atoms with Crippen molar-refractivity contribution in [2.24, 2.45) is 0 Å². The lowest BCUT2D eigenvalue weighted by Gasteiger charge is -2.20. The van der Waals surface area contributed by atoms with E-state index in [2.05, 4.69) is 15.9 Å². The van der Waals surface area contributed by atoms with E-state index in [0.717, 1.165) is 22.2 Å². The SMILES string of the molecule is CC1(C(=O)c2sccc2Br)CCCO1. The molecule has 1 aromatic rings. The van der Waals surface area contributed by atoms with Crippen molar-refractivity contribution in [2.75, 3.05) is 6.61 Å². The molecule has 2 heterocycles. The minimum absolute atomic E-state index is 0.108. The zero-order valence-corrected chi connectivity index (χ0v) is 10.3. The van der Waals surface area contributed by atoms with E-state index in [9.17, 15) is 4.79 Å². The van der Waals surface area contributed by atoms with E-state index in [-0.39, 0.29) is 5.78 Å². The minimum atomic E-state index is -0.590. The maximum atomic E-state index is 12.1. The number of carbonyl (C=O) groups excluding carboxylic acids is 1. The standard InChI is InChI=1S/C10H11BrO2S/c1-10(4-2-5-13-10)9(12)8-7(11)3-6-14-8/h3,6H,2,4-5H2,1H3. The highest BCUT2D eigenvalue weighted by Gasteiger charge is 2.39. The lowest BCUT2D eigenvalue weighted by Crippen LogP contribution is -2.33. The summed E-state index contributed by atoms with van der Waals surface area (Å²) in [6.45, 7) is 2.58. The fourth-order valence-corrected chi connectivity index (χ4v) is 3.27. The molecule has 76 valence electrons. The zero-order valence-electron chi connectivity index (χ0n) is 7.88. The number of hydrogen-bond donors (Lipinski definition) is 0. The fourth-order valence-electron chi connectivity index (χ4n) is 1.65. The van der Waals surface area contributed by atoms with Gasteiger partial charge in [-0.1, -0.05) is 0 Å². The molecule has 1 saturated heterocycles. The Kier molecular flexibility index (Phi) is 2.77. The van der Waals surface area contributed by atoms with E-state index in [1.165, 1.54) is 11.3 Å². The Morgan fingerprint density at radius 1 is 1.71 bits per heavy atom. The lowest BCUT2D eigenvalue weighted by molar-refractivity contribution is 0.0217. The average molecular weight is 275 g/mol. The van der Waals surface area contributed by atoms with Crippen molar-refractivity contribution < 1.29 is 9.53 Å². The third kappa shape index (κ3) is 1.66. The van der Waals surface area contributed by atoms with Crippen LogP contribution in [-0.2, 0) is 4.74 Å². The van der Waals surface area contributed by atoms with Crippen LogP contribution in [0.25, 0.3) is 0 Å². The molecule has 1 unspecified atom stereocenters. The van der Waals surface area contributed by atoms with Crippen LogP contribution >= 0.6 is 27.3 Å². The normalized spacial score (nSPS) is 26.7. The van der Waals surface area contributed by atoms with Crippen LogP contribution in [0.15, 0.2) is 15.9 Å². The molecule has 1 atom stereocenters. The second-order valence-corrected chi connectivity index (χ2v) is 5.38. The molecule has 1 fully saturated rings. The van der Waals surface area contributed by atoms with Crippen LogP contribution < -0.4 is 0 Å². The van der Waals surface area contributed by atoms with Crippen molar-refractivity contribution in [1.29, 1.82) is 0 Å². The molecule has 0 amide bonds. The van der Waals surface area contributed by atoms with Crippen molar-refractivity contribution >= 4 is 33.0 Å². The molecule has 0 saturated carbocycles. The Morgan fingerprint density at radius 3 is 3.00 bits per heavy atom. The van der Waals surface area contributed by atoms with Gasteiger partial charge in [0, 0.05) is 11.1 Å². The second kappa shape index (κ2) is 3.76. The molecule has 1 aliphatic rings. The topological polar surface area (TPSA) is 26.3 Å². The average Bonchev–Trinajstić information content (AvgIpc) is 2.74. The highest BCUT2D eigenvalue weighted by molar-refractivity contribution is 9.10. The first-order valence-electron chi connectivity index (χ1n) is 4.55. The molecule has 0 radical (unpaired) electrons. The summed E-state index contributed by atoms with van der Waals surface area (Å²) in [5.41, 5.74) is -0.590. The number of halogens is 1. The highest BCUT2D eigenvalue weighted by Crippen LogP contribution is 2.33. The van der Waals surface area contributed by atoms with E-state index in [1.807, 2.05) is 18.4 Å². The van der Waals surface area contributed by atoms with E-state index in [1.54, 1.807) is 0 Å². The van der Waals surface area contributed by atoms with Crippen molar-refractivity contribution in [3.63, 3.8) is 0 Å². The van der Waals surface area contributed by atoms with Crippen LogP contribution in [0.4, 0.5) is 0 Å². The number of hydrogen-bond acceptors (Lipinski definition) is 3. The predicted molar refractivity (Wildman–Crippen MR) is 59.9 cm³/mol. The van der Waals surface area contributed by atoms with Gasteiger partial charge < -0.3 is 4.74 Å². The zero-order chi connectivity index (χ0) is 10.2. The molecule has 1 aliphatic heterocycles. The highest BCUT2D eigenvalue weighted by atomic mass is 79.9. The van der Waals surface area contributed by atoms with Gasteiger partial charge >= 0.3 is 0 Å². The summed E-state index contributed by atoms with van der Waals surface area (Å²) >= 11 is 4.84. The summed E-state index contributed by atoms with van der Waals surface area (Å²) in [6, 6.07) is 1.90. The number of ketones is 1. The smallest absolute Gasteiger partial charge is 0.205 e. The van der Waals surface area contributed by atoms with Gasteiger partial charge in [0.2, 0.25) is 5.78 Å². The Balaban J connectivity index is 2.28. The Labute approximate surface area is 95.4 Å². The molecule has 1 aromatic heterocycles. The first-order chi connectivity index (χ1) is 6.63. The molecular formula is C10H11BrO2S. The van der Waals surface area contributed by atoms with Crippen molar-refractivity contribution in [3.8, 4) is 0 Å². The Morgan fingerprint density at radius 2 is 2.50 bits per heavy atom. The van der Waals surface area contributed by atoms with Gasteiger partial charge in [0.05, 0.1) is 4.88 Å². The lowest BCUT2D eigenvalue weighted by atomic mass is 9.96. The summed E-state index contributed by atoms with van der Waals surface area (Å²) < 4.78 is 6.40. The largest absolute Gasteiger partial charge is 0.367 e. The van der Waals surface area contributed by atoms with Crippen LogP contribution in [0.3, 0.4) is 0 Å². The quantitative estimate of drug-likeness (QED) is 0.774. The van der Waals surface area contributed by atoms with Crippen molar-refractivity contribution in [3.05, 3.63) is 20.8 Å². The molecule has 0 aliphatic carbocycles. The molecule has 0 N–H and O–H groups in total. The summed E-state index contributed by atoms with van der Waals surface area (Å²) in [7, 11) is 0. The second-order valence-electron chi connectivity index (χ2n) is 3.61. The number of rotatable bonds is 2. The van der Waals surface area contributed by atoms with Crippen LogP contribution in [0.2, 0.25) is 0 Å². The molecule has 0 bridgehead atoms. The van der Waals surface area contributed by atoms with Crippen LogP contribution in [0, 0.1) is 0 Å². The van der Waals surface area contributed by atoms with Gasteiger partial charge in [-0.3, -0.25) is 4.79 Å². The molecule has 2 nitrogen and oxygen atoms in total. The van der Waals surface area contributed by atoms with Gasteiger partial charge in [-0.05, 0) is 47.1 Å².